The summed E-state index contributed by atoms with van der Waals surface area (Å²) in [5.74, 6) is -0.159. The van der Waals surface area contributed by atoms with Crippen LogP contribution in [0.4, 0.5) is 0 Å². The van der Waals surface area contributed by atoms with Crippen LogP contribution in [0.2, 0.25) is 0 Å². The number of likely N-dealkylation sites (tertiary alicyclic amines) is 1. The first kappa shape index (κ1) is 18.4. The molecular formula is C22H24N4O2. The van der Waals surface area contributed by atoms with Gasteiger partial charge in [-0.25, -0.2) is 4.98 Å². The molecule has 1 aromatic heterocycles. The number of nitrogens with zero attached hydrogens (tertiary/aromatic N) is 2. The van der Waals surface area contributed by atoms with Crippen molar-refractivity contribution in [2.75, 3.05) is 19.6 Å². The molecule has 144 valence electrons. The van der Waals surface area contributed by atoms with Crippen molar-refractivity contribution in [1.82, 2.24) is 20.2 Å². The number of benzene rings is 2. The first-order chi connectivity index (χ1) is 13.5. The lowest BCUT2D eigenvalue weighted by atomic mass is 9.89. The predicted octanol–water partition coefficient (Wildman–Crippen LogP) is 2.57. The maximum atomic E-state index is 12.6. The van der Waals surface area contributed by atoms with Gasteiger partial charge in [-0.1, -0.05) is 37.3 Å². The Morgan fingerprint density at radius 3 is 2.89 bits per heavy atom. The third kappa shape index (κ3) is 3.97. The molecule has 0 spiro atoms. The Morgan fingerprint density at radius 2 is 2.07 bits per heavy atom. The summed E-state index contributed by atoms with van der Waals surface area (Å²) in [6.45, 7) is 5.73. The second-order valence-corrected chi connectivity index (χ2v) is 7.90. The molecule has 6 heteroatoms. The van der Waals surface area contributed by atoms with Gasteiger partial charge < -0.3 is 10.3 Å². The van der Waals surface area contributed by atoms with Gasteiger partial charge in [0.25, 0.3) is 11.5 Å². The van der Waals surface area contributed by atoms with E-state index < -0.39 is 0 Å². The normalized spacial score (nSPS) is 19.8. The van der Waals surface area contributed by atoms with Gasteiger partial charge in [-0.3, -0.25) is 14.5 Å². The highest BCUT2D eigenvalue weighted by molar-refractivity contribution is 5.97. The van der Waals surface area contributed by atoms with E-state index in [1.165, 1.54) is 11.9 Å². The first-order valence-electron chi connectivity index (χ1n) is 9.54. The van der Waals surface area contributed by atoms with Crippen LogP contribution in [0, 0.1) is 5.41 Å². The molecule has 0 bridgehead atoms. The van der Waals surface area contributed by atoms with Crippen molar-refractivity contribution in [2.24, 2.45) is 5.41 Å². The molecule has 0 radical (unpaired) electrons. The number of aromatic amines is 1. The van der Waals surface area contributed by atoms with Gasteiger partial charge in [-0.05, 0) is 42.1 Å². The minimum Gasteiger partial charge on any atom is -0.351 e. The van der Waals surface area contributed by atoms with Gasteiger partial charge in [0, 0.05) is 25.2 Å². The number of amides is 1. The van der Waals surface area contributed by atoms with Gasteiger partial charge in [0.05, 0.1) is 17.2 Å². The molecule has 0 aliphatic carbocycles. The van der Waals surface area contributed by atoms with E-state index in [-0.39, 0.29) is 16.9 Å². The fourth-order valence-corrected chi connectivity index (χ4v) is 3.85. The summed E-state index contributed by atoms with van der Waals surface area (Å²) in [5.41, 5.74) is 2.18. The van der Waals surface area contributed by atoms with Crippen molar-refractivity contribution >= 4 is 16.8 Å². The van der Waals surface area contributed by atoms with Crippen molar-refractivity contribution in [3.63, 3.8) is 0 Å². The Kier molecular flexibility index (Phi) is 4.96. The number of carbonyl (C=O) groups is 1. The largest absolute Gasteiger partial charge is 0.351 e. The molecule has 1 unspecified atom stereocenters. The summed E-state index contributed by atoms with van der Waals surface area (Å²) in [6, 6.07) is 15.5. The van der Waals surface area contributed by atoms with E-state index in [0.717, 1.165) is 26.1 Å². The molecule has 1 saturated heterocycles. The van der Waals surface area contributed by atoms with Crippen LogP contribution in [0.1, 0.15) is 29.3 Å². The monoisotopic (exact) mass is 376 g/mol. The molecule has 2 aromatic carbocycles. The fourth-order valence-electron chi connectivity index (χ4n) is 3.85. The van der Waals surface area contributed by atoms with Gasteiger partial charge in [-0.15, -0.1) is 0 Å². The zero-order valence-corrected chi connectivity index (χ0v) is 15.9. The smallest absolute Gasteiger partial charge is 0.258 e. The standard InChI is InChI=1S/C22H24N4O2/c1-22(9-10-26(14-22)12-16-5-3-2-4-6-16)13-23-20(27)17-7-8-19-18(11-17)21(28)25-15-24-19/h2-8,11,15H,9-10,12-14H2,1H3,(H,23,27)(H,24,25,28). The van der Waals surface area contributed by atoms with Gasteiger partial charge in [0.2, 0.25) is 0 Å². The van der Waals surface area contributed by atoms with E-state index in [0.29, 0.717) is 23.0 Å². The lowest BCUT2D eigenvalue weighted by molar-refractivity contribution is 0.0934. The zero-order valence-electron chi connectivity index (χ0n) is 15.9. The third-order valence-electron chi connectivity index (χ3n) is 5.46. The predicted molar refractivity (Wildman–Crippen MR) is 109 cm³/mol. The molecule has 2 N–H and O–H groups in total. The number of rotatable bonds is 5. The van der Waals surface area contributed by atoms with Gasteiger partial charge in [0.1, 0.15) is 0 Å². The van der Waals surface area contributed by atoms with Crippen LogP contribution >= 0.6 is 0 Å². The van der Waals surface area contributed by atoms with E-state index in [4.69, 9.17) is 0 Å². The molecule has 1 atom stereocenters. The summed E-state index contributed by atoms with van der Waals surface area (Å²) in [6.07, 6.45) is 2.41. The second-order valence-electron chi connectivity index (χ2n) is 7.90. The molecule has 3 aromatic rings. The molecule has 0 saturated carbocycles. The summed E-state index contributed by atoms with van der Waals surface area (Å²) in [7, 11) is 0. The number of aromatic nitrogens is 2. The number of hydrogen-bond donors (Lipinski definition) is 2. The van der Waals surface area contributed by atoms with Crippen molar-refractivity contribution in [1.29, 1.82) is 0 Å². The van der Waals surface area contributed by atoms with E-state index in [1.54, 1.807) is 18.2 Å². The summed E-state index contributed by atoms with van der Waals surface area (Å²) in [5, 5.41) is 3.48. The SMILES string of the molecule is CC1(CNC(=O)c2ccc3nc[nH]c(=O)c3c2)CCN(Cc2ccccc2)C1. The van der Waals surface area contributed by atoms with Crippen molar-refractivity contribution in [3.8, 4) is 0 Å². The summed E-state index contributed by atoms with van der Waals surface area (Å²) >= 11 is 0. The molecule has 4 rings (SSSR count). The van der Waals surface area contributed by atoms with Gasteiger partial charge in [-0.2, -0.15) is 0 Å². The van der Waals surface area contributed by atoms with Crippen LogP contribution in [0.5, 0.6) is 0 Å². The van der Waals surface area contributed by atoms with E-state index in [2.05, 4.69) is 51.4 Å². The minimum atomic E-state index is -0.237. The number of nitrogens with one attached hydrogen (secondary N) is 2. The van der Waals surface area contributed by atoms with Crippen LogP contribution in [0.15, 0.2) is 59.7 Å². The summed E-state index contributed by atoms with van der Waals surface area (Å²) in [4.78, 5) is 33.6. The maximum absolute atomic E-state index is 12.6. The Balaban J connectivity index is 1.38. The lowest BCUT2D eigenvalue weighted by Gasteiger charge is -2.25. The highest BCUT2D eigenvalue weighted by Crippen LogP contribution is 2.30. The minimum absolute atomic E-state index is 0.0420. The van der Waals surface area contributed by atoms with Crippen molar-refractivity contribution in [2.45, 2.75) is 19.9 Å². The molecule has 1 fully saturated rings. The van der Waals surface area contributed by atoms with Crippen LogP contribution in [0.25, 0.3) is 10.9 Å². The average molecular weight is 376 g/mol. The Morgan fingerprint density at radius 1 is 1.25 bits per heavy atom. The summed E-state index contributed by atoms with van der Waals surface area (Å²) < 4.78 is 0. The van der Waals surface area contributed by atoms with Crippen LogP contribution in [0.3, 0.4) is 0 Å². The van der Waals surface area contributed by atoms with Crippen LogP contribution < -0.4 is 10.9 Å². The Labute approximate surface area is 163 Å². The fraction of sp³-hybridized carbons (Fsp3) is 0.318. The second kappa shape index (κ2) is 7.56. The Hall–Kier alpha value is -2.99. The first-order valence-corrected chi connectivity index (χ1v) is 9.54. The van der Waals surface area contributed by atoms with E-state index in [9.17, 15) is 9.59 Å². The molecule has 2 heterocycles. The highest BCUT2D eigenvalue weighted by atomic mass is 16.1. The zero-order chi connectivity index (χ0) is 19.6. The number of carbonyl (C=O) groups excluding carboxylic acids is 1. The van der Waals surface area contributed by atoms with Gasteiger partial charge >= 0.3 is 0 Å². The molecule has 1 aliphatic rings. The van der Waals surface area contributed by atoms with Crippen molar-refractivity contribution < 1.29 is 4.79 Å². The molecule has 28 heavy (non-hydrogen) atoms. The molecule has 6 nitrogen and oxygen atoms in total. The quantitative estimate of drug-likeness (QED) is 0.717. The Bertz CT molecular complexity index is 1050. The number of fused-ring (bicyclic) bond motifs is 1. The van der Waals surface area contributed by atoms with Crippen LogP contribution in [-0.2, 0) is 6.54 Å². The van der Waals surface area contributed by atoms with E-state index in [1.807, 2.05) is 6.07 Å². The van der Waals surface area contributed by atoms with Gasteiger partial charge in [0.15, 0.2) is 0 Å². The lowest BCUT2D eigenvalue weighted by Crippen LogP contribution is -2.37. The number of H-pyrrole nitrogens is 1. The van der Waals surface area contributed by atoms with E-state index >= 15 is 0 Å². The average Bonchev–Trinajstić information content (AvgIpc) is 3.08. The van der Waals surface area contributed by atoms with Crippen LogP contribution in [-0.4, -0.2) is 40.4 Å². The molecule has 1 amide bonds. The topological polar surface area (TPSA) is 78.1 Å². The maximum Gasteiger partial charge on any atom is 0.258 e. The highest BCUT2D eigenvalue weighted by Gasteiger charge is 2.34. The third-order valence-corrected chi connectivity index (χ3v) is 5.46. The number of hydrogen-bond acceptors (Lipinski definition) is 4. The van der Waals surface area contributed by atoms with Crippen molar-refractivity contribution in [3.05, 3.63) is 76.3 Å². The molecule has 1 aliphatic heterocycles. The molecular weight excluding hydrogens is 352 g/mol.